The first kappa shape index (κ1) is 23.3. The molecule has 2 N–H and O–H groups in total. The Kier molecular flexibility index (Phi) is 5.98. The summed E-state index contributed by atoms with van der Waals surface area (Å²) in [6, 6.07) is 18.7. The van der Waals surface area contributed by atoms with Crippen molar-refractivity contribution in [1.29, 1.82) is 0 Å². The first-order valence-corrected chi connectivity index (χ1v) is 12.0. The number of hydrogen-bond donors (Lipinski definition) is 2. The molecule has 3 aromatic rings. The van der Waals surface area contributed by atoms with Crippen molar-refractivity contribution in [2.45, 2.75) is 37.1 Å². The predicted molar refractivity (Wildman–Crippen MR) is 134 cm³/mol. The van der Waals surface area contributed by atoms with Gasteiger partial charge in [0, 0.05) is 26.7 Å². The van der Waals surface area contributed by atoms with Crippen LogP contribution in [0.15, 0.2) is 71.2 Å². The Morgan fingerprint density at radius 1 is 1.09 bits per heavy atom. The summed E-state index contributed by atoms with van der Waals surface area (Å²) in [5, 5.41) is 18.6. The molecular weight excluding hydrogens is 514 g/mol. The normalized spacial score (nSPS) is 24.8. The van der Waals surface area contributed by atoms with Gasteiger partial charge in [-0.2, -0.15) is 0 Å². The third-order valence-electron chi connectivity index (χ3n) is 6.84. The van der Waals surface area contributed by atoms with Crippen LogP contribution in [0.2, 0.25) is 0 Å². The summed E-state index contributed by atoms with van der Waals surface area (Å²) < 4.78 is 12.5. The van der Waals surface area contributed by atoms with Crippen LogP contribution < -0.4 is 20.1 Å². The minimum Gasteiger partial charge on any atom is -0.493 e. The molecule has 0 unspecified atom stereocenters. The third-order valence-corrected chi connectivity index (χ3v) is 7.37. The summed E-state index contributed by atoms with van der Waals surface area (Å²) in [6.45, 7) is 2.22. The molecule has 0 aliphatic carbocycles. The van der Waals surface area contributed by atoms with Gasteiger partial charge in [0.05, 0.1) is 13.0 Å². The minimum atomic E-state index is -1.45. The highest BCUT2D eigenvalue weighted by Crippen LogP contribution is 2.50. The van der Waals surface area contributed by atoms with Gasteiger partial charge in [-0.15, -0.1) is 0 Å². The van der Waals surface area contributed by atoms with Crippen molar-refractivity contribution >= 4 is 27.5 Å². The number of amides is 1. The van der Waals surface area contributed by atoms with Crippen molar-refractivity contribution in [2.24, 2.45) is 0 Å². The molecular formula is C26H24BrN3O5. The van der Waals surface area contributed by atoms with Crippen LogP contribution in [0.25, 0.3) is 0 Å². The number of nitro groups is 1. The molecule has 2 aliphatic heterocycles. The number of nitrogens with one attached hydrogen (secondary N) is 2. The van der Waals surface area contributed by atoms with Crippen molar-refractivity contribution in [1.82, 2.24) is 5.32 Å². The molecule has 4 atom stereocenters. The minimum absolute atomic E-state index is 0.340. The number of nitrogens with zero attached hydrogens (tertiary/aromatic N) is 1. The second kappa shape index (κ2) is 8.98. The Morgan fingerprint density at radius 3 is 2.54 bits per heavy atom. The highest BCUT2D eigenvalue weighted by atomic mass is 79.9. The van der Waals surface area contributed by atoms with E-state index in [1.807, 2.05) is 37.3 Å². The Hall–Kier alpha value is -3.43. The van der Waals surface area contributed by atoms with Gasteiger partial charge >= 0.3 is 0 Å². The third kappa shape index (κ3) is 3.84. The van der Waals surface area contributed by atoms with Crippen LogP contribution in [-0.2, 0) is 16.9 Å². The van der Waals surface area contributed by atoms with Gasteiger partial charge in [0.2, 0.25) is 0 Å². The predicted octanol–water partition coefficient (Wildman–Crippen LogP) is 4.60. The standard InChI is InChI=1S/C26H24BrN3O5/c1-15-23(24(30(32)33)26(29-15)19-5-3-4-6-20(19)28-25(26)31)17-9-12-21(22(13-17)34-2)35-14-16-7-10-18(27)11-8-16/h3-13,15,23-24,29H,14H2,1-2H3,(H,28,31)/t15-,23-,24-,26-/m0/s1. The van der Waals surface area contributed by atoms with E-state index in [1.165, 1.54) is 7.11 Å². The second-order valence-corrected chi connectivity index (χ2v) is 9.74. The Bertz CT molecular complexity index is 1300. The van der Waals surface area contributed by atoms with Crippen LogP contribution in [0.5, 0.6) is 11.5 Å². The number of carbonyl (C=O) groups is 1. The van der Waals surface area contributed by atoms with Gasteiger partial charge in [0.25, 0.3) is 11.9 Å². The van der Waals surface area contributed by atoms with Gasteiger partial charge in [-0.3, -0.25) is 20.2 Å². The lowest BCUT2D eigenvalue weighted by molar-refractivity contribution is -0.532. The van der Waals surface area contributed by atoms with Crippen LogP contribution in [0.4, 0.5) is 5.69 Å². The number of ether oxygens (including phenoxy) is 2. The van der Waals surface area contributed by atoms with Crippen molar-refractivity contribution in [3.8, 4) is 11.5 Å². The number of benzene rings is 3. The number of halogens is 1. The molecule has 35 heavy (non-hydrogen) atoms. The second-order valence-electron chi connectivity index (χ2n) is 8.82. The van der Waals surface area contributed by atoms with Gasteiger partial charge in [0.15, 0.2) is 17.0 Å². The number of methoxy groups -OCH3 is 1. The molecule has 0 radical (unpaired) electrons. The van der Waals surface area contributed by atoms with E-state index in [0.717, 1.165) is 10.0 Å². The van der Waals surface area contributed by atoms with E-state index in [2.05, 4.69) is 26.6 Å². The monoisotopic (exact) mass is 537 g/mol. The molecule has 3 aromatic carbocycles. The molecule has 1 spiro atoms. The lowest BCUT2D eigenvalue weighted by atomic mass is 9.78. The summed E-state index contributed by atoms with van der Waals surface area (Å²) in [5.41, 5.74) is 1.44. The zero-order chi connectivity index (χ0) is 24.7. The van der Waals surface area contributed by atoms with Crippen molar-refractivity contribution in [3.63, 3.8) is 0 Å². The van der Waals surface area contributed by atoms with E-state index < -0.39 is 23.4 Å². The van der Waals surface area contributed by atoms with Crippen molar-refractivity contribution in [3.05, 3.63) is 98.0 Å². The van der Waals surface area contributed by atoms with Crippen molar-refractivity contribution < 1.29 is 19.2 Å². The first-order chi connectivity index (χ1) is 16.8. The number of rotatable bonds is 6. The number of para-hydroxylation sites is 1. The van der Waals surface area contributed by atoms with Crippen molar-refractivity contribution in [2.75, 3.05) is 12.4 Å². The Labute approximate surface area is 210 Å². The summed E-state index contributed by atoms with van der Waals surface area (Å²) in [5.74, 6) is 0.0349. The zero-order valence-electron chi connectivity index (χ0n) is 19.2. The Balaban J connectivity index is 1.48. The first-order valence-electron chi connectivity index (χ1n) is 11.2. The molecule has 0 saturated carbocycles. The fourth-order valence-electron chi connectivity index (χ4n) is 5.31. The molecule has 1 amide bonds. The van der Waals surface area contributed by atoms with Crippen LogP contribution in [0.3, 0.4) is 0 Å². The topological polar surface area (TPSA) is 103 Å². The number of carbonyl (C=O) groups excluding carboxylic acids is 1. The SMILES string of the molecule is COc1cc([C@@H]2[C@H](C)N[C@]3(C(=O)Nc4ccccc43)[C@H]2[N+](=O)[O-])ccc1OCc1ccc(Br)cc1. The van der Waals surface area contributed by atoms with Gasteiger partial charge in [-0.1, -0.05) is 52.3 Å². The molecule has 2 heterocycles. The number of hydrogen-bond acceptors (Lipinski definition) is 6. The fraction of sp³-hybridized carbons (Fsp3) is 0.269. The van der Waals surface area contributed by atoms with Gasteiger partial charge in [-0.25, -0.2) is 0 Å². The quantitative estimate of drug-likeness (QED) is 0.351. The summed E-state index contributed by atoms with van der Waals surface area (Å²) in [6.07, 6.45) is 0. The molecule has 0 aromatic heterocycles. The average Bonchev–Trinajstić information content (AvgIpc) is 3.32. The van der Waals surface area contributed by atoms with Crippen LogP contribution >= 0.6 is 15.9 Å². The van der Waals surface area contributed by atoms with Gasteiger partial charge < -0.3 is 14.8 Å². The largest absolute Gasteiger partial charge is 0.493 e. The molecule has 5 rings (SSSR count). The van der Waals surface area contributed by atoms with E-state index in [1.54, 1.807) is 36.4 Å². The molecule has 1 saturated heterocycles. The highest BCUT2D eigenvalue weighted by molar-refractivity contribution is 9.10. The average molecular weight is 538 g/mol. The molecule has 9 heteroatoms. The number of anilines is 1. The van der Waals surface area contributed by atoms with Gasteiger partial charge in [-0.05, 0) is 48.4 Å². The summed E-state index contributed by atoms with van der Waals surface area (Å²) >= 11 is 3.42. The molecule has 0 bridgehead atoms. The van der Waals surface area contributed by atoms with E-state index in [-0.39, 0.29) is 11.0 Å². The lowest BCUT2D eigenvalue weighted by Gasteiger charge is -2.25. The maximum atomic E-state index is 13.2. The van der Waals surface area contributed by atoms with E-state index in [9.17, 15) is 14.9 Å². The van der Waals surface area contributed by atoms with Crippen LogP contribution in [0, 0.1) is 10.1 Å². The van der Waals surface area contributed by atoms with Crippen LogP contribution in [-0.4, -0.2) is 30.0 Å². The van der Waals surface area contributed by atoms with E-state index in [0.29, 0.717) is 34.9 Å². The molecule has 180 valence electrons. The maximum absolute atomic E-state index is 13.2. The number of fused-ring (bicyclic) bond motifs is 2. The molecule has 8 nitrogen and oxygen atoms in total. The molecule has 1 fully saturated rings. The lowest BCUT2D eigenvalue weighted by Crippen LogP contribution is -2.54. The summed E-state index contributed by atoms with van der Waals surface area (Å²) in [4.78, 5) is 25.3. The van der Waals surface area contributed by atoms with Crippen LogP contribution in [0.1, 0.15) is 29.5 Å². The maximum Gasteiger partial charge on any atom is 0.256 e. The zero-order valence-corrected chi connectivity index (χ0v) is 20.7. The smallest absolute Gasteiger partial charge is 0.256 e. The highest BCUT2D eigenvalue weighted by Gasteiger charge is 2.67. The van der Waals surface area contributed by atoms with E-state index in [4.69, 9.17) is 9.47 Å². The van der Waals surface area contributed by atoms with E-state index >= 15 is 0 Å². The fourth-order valence-corrected chi connectivity index (χ4v) is 5.57. The Morgan fingerprint density at radius 2 is 1.83 bits per heavy atom. The van der Waals surface area contributed by atoms with Gasteiger partial charge in [0.1, 0.15) is 6.61 Å². The summed E-state index contributed by atoms with van der Waals surface area (Å²) in [7, 11) is 1.54. The molecule has 2 aliphatic rings.